The number of rotatable bonds is 8. The molecule has 0 aliphatic rings. The molecule has 164 valence electrons. The van der Waals surface area contributed by atoms with Crippen LogP contribution in [0.2, 0.25) is 10.0 Å². The first-order valence-electron chi connectivity index (χ1n) is 10.6. The number of para-hydroxylation sites is 2. The summed E-state index contributed by atoms with van der Waals surface area (Å²) < 4.78 is 2.04. The van der Waals surface area contributed by atoms with Crippen LogP contribution in [0.3, 0.4) is 0 Å². The van der Waals surface area contributed by atoms with Crippen LogP contribution in [0.5, 0.6) is 0 Å². The van der Waals surface area contributed by atoms with Crippen LogP contribution in [0.25, 0.3) is 11.0 Å². The van der Waals surface area contributed by atoms with Crippen molar-refractivity contribution in [2.24, 2.45) is 0 Å². The van der Waals surface area contributed by atoms with Gasteiger partial charge in [0.1, 0.15) is 11.9 Å². The van der Waals surface area contributed by atoms with Crippen molar-refractivity contribution in [3.8, 4) is 0 Å². The number of imidazole rings is 1. The third-order valence-corrected chi connectivity index (χ3v) is 6.14. The Hall–Kier alpha value is -2.89. The Labute approximate surface area is 197 Å². The van der Waals surface area contributed by atoms with Gasteiger partial charge in [0, 0.05) is 35.4 Å². The standard InChI is InChI=1S/C25H24Cl2N4O/c1-2-7-23(25(32)29-16-17-8-6-13-28-15-17)31-22-12-4-3-11-21(22)30-24(31)14-18-19(26)9-5-10-20(18)27/h3-6,8-13,15,23H,2,7,14,16H2,1H3,(H,29,32). The molecule has 0 aliphatic heterocycles. The van der Waals surface area contributed by atoms with Crippen LogP contribution in [0, 0.1) is 0 Å². The molecule has 0 fully saturated rings. The highest BCUT2D eigenvalue weighted by Crippen LogP contribution is 2.31. The zero-order chi connectivity index (χ0) is 22.5. The molecule has 0 aliphatic carbocycles. The number of hydrogen-bond donors (Lipinski definition) is 1. The second kappa shape index (κ2) is 10.2. The van der Waals surface area contributed by atoms with E-state index >= 15 is 0 Å². The molecule has 2 aromatic carbocycles. The van der Waals surface area contributed by atoms with Crippen molar-refractivity contribution in [3.05, 3.63) is 94.0 Å². The molecule has 4 aromatic rings. The van der Waals surface area contributed by atoms with E-state index in [1.54, 1.807) is 12.4 Å². The highest BCUT2D eigenvalue weighted by atomic mass is 35.5. The average Bonchev–Trinajstić information content (AvgIpc) is 3.17. The number of aromatic nitrogens is 3. The number of carbonyl (C=O) groups excluding carboxylic acids is 1. The molecular formula is C25H24Cl2N4O. The molecule has 1 amide bonds. The number of nitrogens with one attached hydrogen (secondary N) is 1. The molecule has 0 saturated heterocycles. The molecule has 2 heterocycles. The maximum absolute atomic E-state index is 13.4. The fraction of sp³-hybridized carbons (Fsp3) is 0.240. The van der Waals surface area contributed by atoms with Crippen molar-refractivity contribution in [1.29, 1.82) is 0 Å². The van der Waals surface area contributed by atoms with Gasteiger partial charge in [-0.15, -0.1) is 0 Å². The van der Waals surface area contributed by atoms with Crippen molar-refractivity contribution < 1.29 is 4.79 Å². The van der Waals surface area contributed by atoms with Crippen molar-refractivity contribution in [2.75, 3.05) is 0 Å². The third-order valence-electron chi connectivity index (χ3n) is 5.43. The second-order valence-corrected chi connectivity index (χ2v) is 8.46. The first-order chi connectivity index (χ1) is 15.6. The number of amides is 1. The van der Waals surface area contributed by atoms with Gasteiger partial charge >= 0.3 is 0 Å². The number of halogens is 2. The SMILES string of the molecule is CCCC(C(=O)NCc1cccnc1)n1c(Cc2c(Cl)cccc2Cl)nc2ccccc21. The smallest absolute Gasteiger partial charge is 0.243 e. The van der Waals surface area contributed by atoms with Gasteiger partial charge in [0.15, 0.2) is 0 Å². The lowest BCUT2D eigenvalue weighted by molar-refractivity contribution is -0.124. The van der Waals surface area contributed by atoms with Crippen LogP contribution >= 0.6 is 23.2 Å². The van der Waals surface area contributed by atoms with E-state index < -0.39 is 6.04 Å². The van der Waals surface area contributed by atoms with E-state index in [2.05, 4.69) is 17.2 Å². The maximum Gasteiger partial charge on any atom is 0.243 e. The van der Waals surface area contributed by atoms with Crippen molar-refractivity contribution in [3.63, 3.8) is 0 Å². The fourth-order valence-electron chi connectivity index (χ4n) is 3.89. The zero-order valence-corrected chi connectivity index (χ0v) is 19.3. The van der Waals surface area contributed by atoms with Crippen LogP contribution in [-0.2, 0) is 17.8 Å². The third kappa shape index (κ3) is 4.79. The fourth-order valence-corrected chi connectivity index (χ4v) is 4.42. The quantitative estimate of drug-likeness (QED) is 0.347. The molecule has 4 rings (SSSR count). The highest BCUT2D eigenvalue weighted by Gasteiger charge is 2.25. The number of fused-ring (bicyclic) bond motifs is 1. The number of benzene rings is 2. The van der Waals surface area contributed by atoms with Crippen molar-refractivity contribution in [1.82, 2.24) is 19.9 Å². The van der Waals surface area contributed by atoms with Crippen LogP contribution in [0.15, 0.2) is 67.0 Å². The zero-order valence-electron chi connectivity index (χ0n) is 17.8. The monoisotopic (exact) mass is 466 g/mol. The summed E-state index contributed by atoms with van der Waals surface area (Å²) in [7, 11) is 0. The minimum Gasteiger partial charge on any atom is -0.350 e. The second-order valence-electron chi connectivity index (χ2n) is 7.65. The van der Waals surface area contributed by atoms with E-state index in [-0.39, 0.29) is 5.91 Å². The van der Waals surface area contributed by atoms with Crippen LogP contribution in [-0.4, -0.2) is 20.4 Å². The summed E-state index contributed by atoms with van der Waals surface area (Å²) in [5, 5.41) is 4.25. The summed E-state index contributed by atoms with van der Waals surface area (Å²) in [6.45, 7) is 2.50. The van der Waals surface area contributed by atoms with Gasteiger partial charge in [-0.2, -0.15) is 0 Å². The molecular weight excluding hydrogens is 443 g/mol. The lowest BCUT2D eigenvalue weighted by atomic mass is 10.1. The van der Waals surface area contributed by atoms with E-state index in [0.29, 0.717) is 29.4 Å². The van der Waals surface area contributed by atoms with Crippen LogP contribution in [0.4, 0.5) is 0 Å². The van der Waals surface area contributed by atoms with E-state index in [1.807, 2.05) is 59.2 Å². The molecule has 7 heteroatoms. The normalized spacial score (nSPS) is 12.1. The molecule has 0 bridgehead atoms. The predicted molar refractivity (Wildman–Crippen MR) is 129 cm³/mol. The van der Waals surface area contributed by atoms with Crippen molar-refractivity contribution >= 4 is 40.1 Å². The van der Waals surface area contributed by atoms with Gasteiger partial charge in [-0.05, 0) is 47.9 Å². The first-order valence-corrected chi connectivity index (χ1v) is 11.4. The summed E-state index contributed by atoms with van der Waals surface area (Å²) in [4.78, 5) is 22.3. The Morgan fingerprint density at radius 3 is 2.56 bits per heavy atom. The average molecular weight is 467 g/mol. The minimum atomic E-state index is -0.402. The van der Waals surface area contributed by atoms with E-state index in [0.717, 1.165) is 34.4 Å². The number of carbonyl (C=O) groups is 1. The molecule has 0 spiro atoms. The number of pyridine rings is 1. The van der Waals surface area contributed by atoms with E-state index in [4.69, 9.17) is 28.2 Å². The Morgan fingerprint density at radius 1 is 1.06 bits per heavy atom. The van der Waals surface area contributed by atoms with Gasteiger partial charge in [0.05, 0.1) is 11.0 Å². The molecule has 5 nitrogen and oxygen atoms in total. The lowest BCUT2D eigenvalue weighted by Crippen LogP contribution is -2.33. The van der Waals surface area contributed by atoms with Gasteiger partial charge < -0.3 is 9.88 Å². The highest BCUT2D eigenvalue weighted by molar-refractivity contribution is 6.36. The van der Waals surface area contributed by atoms with Gasteiger partial charge in [-0.1, -0.05) is 60.8 Å². The number of nitrogens with zero attached hydrogens (tertiary/aromatic N) is 3. The summed E-state index contributed by atoms with van der Waals surface area (Å²) in [5.74, 6) is 0.710. The lowest BCUT2D eigenvalue weighted by Gasteiger charge is -2.21. The molecule has 2 aromatic heterocycles. The van der Waals surface area contributed by atoms with E-state index in [1.165, 1.54) is 0 Å². The first kappa shape index (κ1) is 22.3. The largest absolute Gasteiger partial charge is 0.350 e. The minimum absolute atomic E-state index is 0.0506. The Bertz CT molecular complexity index is 1200. The molecule has 0 saturated carbocycles. The van der Waals surface area contributed by atoms with Gasteiger partial charge in [-0.3, -0.25) is 9.78 Å². The maximum atomic E-state index is 13.4. The molecule has 1 unspecified atom stereocenters. The predicted octanol–water partition coefficient (Wildman–Crippen LogP) is 5.99. The summed E-state index contributed by atoms with van der Waals surface area (Å²) in [6.07, 6.45) is 5.44. The molecule has 1 atom stereocenters. The van der Waals surface area contributed by atoms with Gasteiger partial charge in [-0.25, -0.2) is 4.98 Å². The van der Waals surface area contributed by atoms with Crippen LogP contribution in [0.1, 0.15) is 42.8 Å². The Balaban J connectivity index is 1.72. The summed E-state index contributed by atoms with van der Waals surface area (Å²) in [6, 6.07) is 16.7. The molecule has 32 heavy (non-hydrogen) atoms. The topological polar surface area (TPSA) is 59.8 Å². The van der Waals surface area contributed by atoms with Gasteiger partial charge in [0.25, 0.3) is 0 Å². The summed E-state index contributed by atoms with van der Waals surface area (Å²) >= 11 is 12.9. The molecule has 0 radical (unpaired) electrons. The van der Waals surface area contributed by atoms with Gasteiger partial charge in [0.2, 0.25) is 5.91 Å². The van der Waals surface area contributed by atoms with Crippen LogP contribution < -0.4 is 5.32 Å². The molecule has 1 N–H and O–H groups in total. The van der Waals surface area contributed by atoms with Crippen molar-refractivity contribution in [2.45, 2.75) is 38.8 Å². The Kier molecular flexibility index (Phi) is 7.08. The Morgan fingerprint density at radius 2 is 1.84 bits per heavy atom. The van der Waals surface area contributed by atoms with E-state index in [9.17, 15) is 4.79 Å². The number of hydrogen-bond acceptors (Lipinski definition) is 3. The summed E-state index contributed by atoms with van der Waals surface area (Å²) in [5.41, 5.74) is 3.51.